The average molecular weight is 256 g/mol. The van der Waals surface area contributed by atoms with Gasteiger partial charge in [0, 0.05) is 19.0 Å². The van der Waals surface area contributed by atoms with Gasteiger partial charge < -0.3 is 15.7 Å². The van der Waals surface area contributed by atoms with Crippen molar-refractivity contribution in [3.63, 3.8) is 0 Å². The Balaban J connectivity index is 2.86. The summed E-state index contributed by atoms with van der Waals surface area (Å²) in [6.07, 6.45) is 1.75. The summed E-state index contributed by atoms with van der Waals surface area (Å²) >= 11 is 0. The summed E-state index contributed by atoms with van der Waals surface area (Å²) in [7, 11) is 1.78. The van der Waals surface area contributed by atoms with Crippen molar-refractivity contribution >= 4 is 5.91 Å². The van der Waals surface area contributed by atoms with Gasteiger partial charge in [-0.15, -0.1) is 0 Å². The Bertz CT molecular complexity index is 304. The lowest BCUT2D eigenvalue weighted by Crippen LogP contribution is -2.53. The largest absolute Gasteiger partial charge is 0.394 e. The molecule has 0 spiro atoms. The molecule has 0 heterocycles. The normalized spacial score (nSPS) is 32.9. The summed E-state index contributed by atoms with van der Waals surface area (Å²) < 4.78 is 0. The Morgan fingerprint density at radius 1 is 1.50 bits per heavy atom. The van der Waals surface area contributed by atoms with Crippen LogP contribution in [0.5, 0.6) is 0 Å². The number of nitrogens with two attached hydrogens (primary N) is 1. The third-order valence-corrected chi connectivity index (χ3v) is 5.07. The fourth-order valence-electron chi connectivity index (χ4n) is 2.88. The van der Waals surface area contributed by atoms with E-state index >= 15 is 0 Å². The Kier molecular flexibility index (Phi) is 4.78. The van der Waals surface area contributed by atoms with E-state index in [-0.39, 0.29) is 35.9 Å². The molecule has 0 saturated heterocycles. The van der Waals surface area contributed by atoms with E-state index in [2.05, 4.69) is 20.8 Å². The van der Waals surface area contributed by atoms with Gasteiger partial charge in [-0.05, 0) is 31.1 Å². The molecule has 4 atom stereocenters. The van der Waals surface area contributed by atoms with Crippen LogP contribution in [0, 0.1) is 17.3 Å². The lowest BCUT2D eigenvalue weighted by Gasteiger charge is -2.47. The first-order valence-corrected chi connectivity index (χ1v) is 6.86. The SMILES string of the molecule is CC(CO)N(C)C(=O)C1CCC(N)C(C)C1(C)C. The molecule has 0 aromatic rings. The molecular formula is C14H28N2O2. The number of likely N-dealkylation sites (N-methyl/N-ethyl adjacent to an activating group) is 1. The molecule has 3 N–H and O–H groups in total. The Labute approximate surface area is 111 Å². The molecule has 1 amide bonds. The zero-order valence-electron chi connectivity index (χ0n) is 12.3. The van der Waals surface area contributed by atoms with Crippen molar-refractivity contribution in [1.29, 1.82) is 0 Å². The summed E-state index contributed by atoms with van der Waals surface area (Å²) in [5, 5.41) is 9.16. The minimum absolute atomic E-state index is 0.00442. The van der Waals surface area contributed by atoms with Gasteiger partial charge >= 0.3 is 0 Å². The molecule has 18 heavy (non-hydrogen) atoms. The number of amides is 1. The highest BCUT2D eigenvalue weighted by atomic mass is 16.3. The first kappa shape index (κ1) is 15.4. The third kappa shape index (κ3) is 2.69. The molecule has 1 rings (SSSR count). The second-order valence-electron chi connectivity index (χ2n) is 6.38. The van der Waals surface area contributed by atoms with Gasteiger partial charge in [-0.25, -0.2) is 0 Å². The standard InChI is InChI=1S/C14H28N2O2/c1-9(8-17)16(5)13(18)11-6-7-12(15)10(2)14(11,3)4/h9-12,17H,6-8,15H2,1-5H3. The molecule has 0 radical (unpaired) electrons. The zero-order chi connectivity index (χ0) is 14.1. The molecular weight excluding hydrogens is 228 g/mol. The molecule has 0 aliphatic heterocycles. The number of aliphatic hydroxyl groups is 1. The Morgan fingerprint density at radius 3 is 2.56 bits per heavy atom. The second kappa shape index (κ2) is 5.57. The molecule has 1 aliphatic rings. The fraction of sp³-hybridized carbons (Fsp3) is 0.929. The molecule has 4 unspecified atom stereocenters. The third-order valence-electron chi connectivity index (χ3n) is 5.07. The lowest BCUT2D eigenvalue weighted by molar-refractivity contribution is -0.144. The van der Waals surface area contributed by atoms with Crippen molar-refractivity contribution < 1.29 is 9.90 Å². The van der Waals surface area contributed by atoms with Crippen molar-refractivity contribution in [2.45, 2.75) is 52.6 Å². The first-order valence-electron chi connectivity index (χ1n) is 6.86. The number of carbonyl (C=O) groups excluding carboxylic acids is 1. The average Bonchev–Trinajstić information content (AvgIpc) is 2.33. The van der Waals surface area contributed by atoms with Crippen LogP contribution in [0.2, 0.25) is 0 Å². The molecule has 1 aliphatic carbocycles. The highest BCUT2D eigenvalue weighted by molar-refractivity contribution is 5.80. The van der Waals surface area contributed by atoms with E-state index in [1.807, 2.05) is 6.92 Å². The summed E-state index contributed by atoms with van der Waals surface area (Å²) in [5.74, 6) is 0.477. The Morgan fingerprint density at radius 2 is 2.06 bits per heavy atom. The minimum atomic E-state index is -0.126. The molecule has 0 aromatic carbocycles. The summed E-state index contributed by atoms with van der Waals surface area (Å²) in [5.41, 5.74) is 6.03. The summed E-state index contributed by atoms with van der Waals surface area (Å²) in [4.78, 5) is 14.2. The number of carbonyl (C=O) groups is 1. The predicted octanol–water partition coefficient (Wildman–Crippen LogP) is 1.23. The van der Waals surface area contributed by atoms with Crippen LogP contribution in [0.4, 0.5) is 0 Å². The van der Waals surface area contributed by atoms with Crippen LogP contribution >= 0.6 is 0 Å². The van der Waals surface area contributed by atoms with Crippen molar-refractivity contribution in [1.82, 2.24) is 4.90 Å². The van der Waals surface area contributed by atoms with E-state index in [0.29, 0.717) is 5.92 Å². The zero-order valence-corrected chi connectivity index (χ0v) is 12.3. The summed E-state index contributed by atoms with van der Waals surface area (Å²) in [6.45, 7) is 8.28. The van der Waals surface area contributed by atoms with Crippen LogP contribution in [0.25, 0.3) is 0 Å². The van der Waals surface area contributed by atoms with Crippen LogP contribution in [0.3, 0.4) is 0 Å². The van der Waals surface area contributed by atoms with E-state index in [9.17, 15) is 4.79 Å². The quantitative estimate of drug-likeness (QED) is 0.798. The van der Waals surface area contributed by atoms with Gasteiger partial charge in [-0.1, -0.05) is 20.8 Å². The summed E-state index contributed by atoms with van der Waals surface area (Å²) in [6, 6.07) is 0.0591. The highest BCUT2D eigenvalue weighted by Crippen LogP contribution is 2.45. The molecule has 106 valence electrons. The van der Waals surface area contributed by atoms with E-state index in [1.165, 1.54) is 0 Å². The van der Waals surface area contributed by atoms with Crippen LogP contribution in [-0.2, 0) is 4.79 Å². The number of nitrogens with zero attached hydrogens (tertiary/aromatic N) is 1. The maximum atomic E-state index is 12.5. The van der Waals surface area contributed by atoms with Crippen LogP contribution in [-0.4, -0.2) is 41.7 Å². The first-order chi connectivity index (χ1) is 8.23. The maximum absolute atomic E-state index is 12.5. The molecule has 1 fully saturated rings. The van der Waals surface area contributed by atoms with E-state index < -0.39 is 0 Å². The molecule has 0 aromatic heterocycles. The number of hydrogen-bond acceptors (Lipinski definition) is 3. The Hall–Kier alpha value is -0.610. The van der Waals surface area contributed by atoms with Gasteiger partial charge in [0.25, 0.3) is 0 Å². The van der Waals surface area contributed by atoms with Gasteiger partial charge in [-0.2, -0.15) is 0 Å². The van der Waals surface area contributed by atoms with Gasteiger partial charge in [0.15, 0.2) is 0 Å². The van der Waals surface area contributed by atoms with E-state index in [4.69, 9.17) is 10.8 Å². The van der Waals surface area contributed by atoms with Gasteiger partial charge in [0.1, 0.15) is 0 Å². The van der Waals surface area contributed by atoms with Crippen LogP contribution in [0.1, 0.15) is 40.5 Å². The van der Waals surface area contributed by atoms with Crippen molar-refractivity contribution in [3.8, 4) is 0 Å². The smallest absolute Gasteiger partial charge is 0.226 e. The van der Waals surface area contributed by atoms with Gasteiger partial charge in [0.2, 0.25) is 5.91 Å². The molecule has 1 saturated carbocycles. The van der Waals surface area contributed by atoms with Crippen molar-refractivity contribution in [2.75, 3.05) is 13.7 Å². The molecule has 0 bridgehead atoms. The number of rotatable bonds is 3. The number of aliphatic hydroxyl groups excluding tert-OH is 1. The number of hydrogen-bond donors (Lipinski definition) is 2. The fourth-order valence-corrected chi connectivity index (χ4v) is 2.88. The second-order valence-corrected chi connectivity index (χ2v) is 6.38. The monoisotopic (exact) mass is 256 g/mol. The predicted molar refractivity (Wildman–Crippen MR) is 73.0 cm³/mol. The van der Waals surface area contributed by atoms with Crippen LogP contribution in [0.15, 0.2) is 0 Å². The van der Waals surface area contributed by atoms with E-state index in [0.717, 1.165) is 12.8 Å². The van der Waals surface area contributed by atoms with Gasteiger partial charge in [0.05, 0.1) is 12.6 Å². The topological polar surface area (TPSA) is 66.6 Å². The van der Waals surface area contributed by atoms with E-state index in [1.54, 1.807) is 11.9 Å². The van der Waals surface area contributed by atoms with Gasteiger partial charge in [-0.3, -0.25) is 4.79 Å². The molecule has 4 heteroatoms. The van der Waals surface area contributed by atoms with Crippen molar-refractivity contribution in [3.05, 3.63) is 0 Å². The van der Waals surface area contributed by atoms with Crippen LogP contribution < -0.4 is 5.73 Å². The molecule has 4 nitrogen and oxygen atoms in total. The van der Waals surface area contributed by atoms with Crippen molar-refractivity contribution in [2.24, 2.45) is 23.0 Å². The maximum Gasteiger partial charge on any atom is 0.226 e. The highest BCUT2D eigenvalue weighted by Gasteiger charge is 2.46. The minimum Gasteiger partial charge on any atom is -0.394 e. The lowest BCUT2D eigenvalue weighted by atomic mass is 9.60.